The van der Waals surface area contributed by atoms with Gasteiger partial charge in [-0.3, -0.25) is 9.59 Å². The lowest BCUT2D eigenvalue weighted by molar-refractivity contribution is 0.0933. The number of hydrogen-bond donors (Lipinski definition) is 3. The molecular weight excluding hydrogens is 965 g/mol. The number of nitrogens with zero attached hydrogens (tertiary/aromatic N) is 2. The zero-order valence-electron chi connectivity index (χ0n) is 25.2. The lowest BCUT2D eigenvalue weighted by Gasteiger charge is -2.12. The van der Waals surface area contributed by atoms with E-state index < -0.39 is 5.91 Å². The van der Waals surface area contributed by atoms with Gasteiger partial charge in [0.05, 0.1) is 0 Å². The van der Waals surface area contributed by atoms with Crippen molar-refractivity contribution in [1.29, 1.82) is 0 Å². The number of rotatable bonds is 9. The zero-order valence-corrected chi connectivity index (χ0v) is 33.2. The fourth-order valence-electron chi connectivity index (χ4n) is 3.77. The second-order valence-corrected chi connectivity index (χ2v) is 17.7. The van der Waals surface area contributed by atoms with Gasteiger partial charge >= 0.3 is 3.18 Å². The predicted molar refractivity (Wildman–Crippen MR) is 204 cm³/mol. The Morgan fingerprint density at radius 1 is 0.653 bits per heavy atom. The molecule has 0 saturated heterocycles. The minimum Gasteiger partial charge on any atom is -0.505 e. The fraction of sp³-hybridized carbons (Fsp3) is 0.0909. The number of carbonyl (C=O) groups is 2. The summed E-state index contributed by atoms with van der Waals surface area (Å²) in [5.41, 5.74) is 2.67. The molecule has 0 aliphatic heterocycles. The minimum absolute atomic E-state index is 0.0588. The molecule has 0 unspecified atom stereocenters. The first kappa shape index (κ1) is 40.3. The van der Waals surface area contributed by atoms with Gasteiger partial charge in [-0.05, 0) is 97.1 Å². The lowest BCUT2D eigenvalue weighted by atomic mass is 10.2. The van der Waals surface area contributed by atoms with Crippen LogP contribution in [0.1, 0.15) is 37.7 Å². The maximum Gasteiger partial charge on any atom is 0.369 e. The molecule has 3 N–H and O–H groups in total. The normalized spacial score (nSPS) is 10.0. The van der Waals surface area contributed by atoms with Gasteiger partial charge in [0.15, 0.2) is 17.1 Å². The number of benzene rings is 3. The predicted octanol–water partition coefficient (Wildman–Crippen LogP) is 9.27. The van der Waals surface area contributed by atoms with Gasteiger partial charge in [0.2, 0.25) is 0 Å². The molecule has 0 bridgehead atoms. The number of hydrogen-bond acceptors (Lipinski definition) is 6. The summed E-state index contributed by atoms with van der Waals surface area (Å²) in [7, 11) is 0. The van der Waals surface area contributed by atoms with E-state index in [9.17, 15) is 23.5 Å². The van der Waals surface area contributed by atoms with Gasteiger partial charge in [-0.2, -0.15) is 0 Å². The number of halogens is 7. The first-order valence-corrected chi connectivity index (χ1v) is 18.4. The van der Waals surface area contributed by atoms with Crippen molar-refractivity contribution in [3.05, 3.63) is 152 Å². The van der Waals surface area contributed by atoms with Crippen LogP contribution in [0.5, 0.6) is 11.5 Å². The topological polar surface area (TPSA) is 113 Å². The van der Waals surface area contributed by atoms with Gasteiger partial charge in [0, 0.05) is 13.1 Å². The Kier molecular flexibility index (Phi) is 17.4. The highest BCUT2D eigenvalue weighted by molar-refractivity contribution is 9.69. The standard InChI is InChI=1S/C20H16BrFN2O2.C13H10BrFN2O2.BBr3/c21-18-11-10-17(26-13-15-4-2-1-3-5-15)19(24-18)20(25)23-12-14-6-8-16(22)9-7-14;14-11-6-5-10(18)12(17-11)13(19)16-7-8-1-3-9(15)4-2-8;2-1(3)4/h1-11H,12-13H2,(H,23,25);1-6,18H,7H2,(H,16,19);. The molecule has 0 saturated carbocycles. The summed E-state index contributed by atoms with van der Waals surface area (Å²) in [5, 5.41) is 14.9. The van der Waals surface area contributed by atoms with Crippen molar-refractivity contribution in [3.63, 3.8) is 0 Å². The molecule has 5 aromatic rings. The number of pyridine rings is 2. The monoisotopic (exact) mass is 986 g/mol. The molecule has 5 rings (SSSR count). The smallest absolute Gasteiger partial charge is 0.369 e. The first-order valence-electron chi connectivity index (χ1n) is 14.1. The van der Waals surface area contributed by atoms with Crippen LogP contribution in [0.2, 0.25) is 0 Å². The van der Waals surface area contributed by atoms with Gasteiger partial charge in [0.1, 0.15) is 33.2 Å². The number of aromatic nitrogens is 2. The summed E-state index contributed by atoms with van der Waals surface area (Å²) < 4.78 is 32.7. The Hall–Kier alpha value is -3.18. The van der Waals surface area contributed by atoms with Crippen molar-refractivity contribution < 1.29 is 28.2 Å². The van der Waals surface area contributed by atoms with Crippen molar-refractivity contribution in [1.82, 2.24) is 20.6 Å². The maximum absolute atomic E-state index is 13.0. The van der Waals surface area contributed by atoms with E-state index >= 15 is 0 Å². The van der Waals surface area contributed by atoms with Gasteiger partial charge in [-0.15, -0.1) is 47.3 Å². The van der Waals surface area contributed by atoms with Gasteiger partial charge in [-0.25, -0.2) is 18.7 Å². The highest BCUT2D eigenvalue weighted by atomic mass is 79.9. The second-order valence-electron chi connectivity index (χ2n) is 9.62. The van der Waals surface area contributed by atoms with Crippen molar-refractivity contribution in [2.24, 2.45) is 0 Å². The van der Waals surface area contributed by atoms with Crippen LogP contribution in [0.4, 0.5) is 8.78 Å². The Labute approximate surface area is 323 Å². The van der Waals surface area contributed by atoms with Crippen LogP contribution < -0.4 is 15.4 Å². The minimum atomic E-state index is -0.497. The Balaban J connectivity index is 0.000000249. The number of nitrogens with one attached hydrogen (secondary N) is 2. The van der Waals surface area contributed by atoms with Crippen molar-refractivity contribution in [3.8, 4) is 11.5 Å². The third kappa shape index (κ3) is 15.1. The number of carbonyl (C=O) groups excluding carboxylic acids is 2. The number of amides is 2. The second kappa shape index (κ2) is 21.1. The largest absolute Gasteiger partial charge is 0.505 e. The van der Waals surface area contributed by atoms with Crippen molar-refractivity contribution >= 4 is 94.1 Å². The third-order valence-electron chi connectivity index (χ3n) is 6.06. The summed E-state index contributed by atoms with van der Waals surface area (Å²) in [4.78, 5) is 32.5. The van der Waals surface area contributed by atoms with Gasteiger partial charge in [0.25, 0.3) is 11.8 Å². The van der Waals surface area contributed by atoms with Crippen LogP contribution in [-0.2, 0) is 19.7 Å². The molecule has 0 atom stereocenters. The highest BCUT2D eigenvalue weighted by Gasteiger charge is 2.16. The molecule has 0 aliphatic rings. The average molecular weight is 991 g/mol. The third-order valence-corrected chi connectivity index (χ3v) is 6.95. The van der Waals surface area contributed by atoms with E-state index in [-0.39, 0.29) is 51.0 Å². The molecule has 49 heavy (non-hydrogen) atoms. The first-order chi connectivity index (χ1) is 23.4. The molecule has 2 heterocycles. The molecule has 3 aromatic carbocycles. The van der Waals surface area contributed by atoms with Gasteiger partial charge < -0.3 is 20.5 Å². The van der Waals surface area contributed by atoms with Crippen molar-refractivity contribution in [2.45, 2.75) is 19.7 Å². The molecule has 16 heteroatoms. The summed E-state index contributed by atoms with van der Waals surface area (Å²) in [6.07, 6.45) is 0. The summed E-state index contributed by atoms with van der Waals surface area (Å²) in [5.74, 6) is -1.30. The molecule has 8 nitrogen and oxygen atoms in total. The van der Waals surface area contributed by atoms with E-state index in [4.69, 9.17) is 4.74 Å². The molecular formula is C33H26BBr5F2N4O4. The Morgan fingerprint density at radius 2 is 1.10 bits per heavy atom. The Morgan fingerprint density at radius 3 is 1.61 bits per heavy atom. The highest BCUT2D eigenvalue weighted by Crippen LogP contribution is 2.21. The number of aromatic hydroxyl groups is 1. The molecule has 0 fully saturated rings. The van der Waals surface area contributed by atoms with Gasteiger partial charge in [-0.1, -0.05) is 54.6 Å². The SMILES string of the molecule is BrB(Br)Br.O=C(NCc1ccc(F)cc1)c1nc(Br)ccc1O.O=C(NCc1ccc(F)cc1)c1nc(Br)ccc1OCc1ccccc1. The summed E-state index contributed by atoms with van der Waals surface area (Å²) in [6, 6.07) is 27.7. The van der Waals surface area contributed by atoms with E-state index in [1.807, 2.05) is 30.3 Å². The van der Waals surface area contributed by atoms with Crippen LogP contribution in [0.25, 0.3) is 0 Å². The van der Waals surface area contributed by atoms with Crippen LogP contribution >= 0.6 is 79.1 Å². The molecule has 2 aromatic heterocycles. The lowest BCUT2D eigenvalue weighted by Crippen LogP contribution is -2.24. The van der Waals surface area contributed by atoms with Crippen molar-refractivity contribution in [2.75, 3.05) is 0 Å². The average Bonchev–Trinajstić information content (AvgIpc) is 3.08. The van der Waals surface area contributed by atoms with Crippen LogP contribution in [0, 0.1) is 11.6 Å². The molecule has 254 valence electrons. The zero-order chi connectivity index (χ0) is 35.8. The van der Waals surface area contributed by atoms with E-state index in [1.54, 1.807) is 36.4 Å². The quantitative estimate of drug-likeness (QED) is 0.100. The molecule has 0 aliphatic carbocycles. The van der Waals surface area contributed by atoms with E-state index in [2.05, 4.69) is 99.7 Å². The Bertz CT molecular complexity index is 1810. The maximum atomic E-state index is 13.0. The molecule has 0 radical (unpaired) electrons. The summed E-state index contributed by atoms with van der Waals surface area (Å²) >= 11 is 15.7. The van der Waals surface area contributed by atoms with Crippen LogP contribution in [-0.4, -0.2) is 30.1 Å². The van der Waals surface area contributed by atoms with E-state index in [0.29, 0.717) is 21.6 Å². The van der Waals surface area contributed by atoms with Crippen LogP contribution in [0.3, 0.4) is 0 Å². The number of ether oxygens (including phenoxy) is 1. The molecule has 0 spiro atoms. The fourth-order valence-corrected chi connectivity index (χ4v) is 4.39. The van der Waals surface area contributed by atoms with Crippen LogP contribution in [0.15, 0.2) is 112 Å². The van der Waals surface area contributed by atoms with E-state index in [1.165, 1.54) is 36.4 Å². The summed E-state index contributed by atoms with van der Waals surface area (Å²) in [6.45, 7) is 0.834. The van der Waals surface area contributed by atoms with E-state index in [0.717, 1.165) is 16.7 Å². The molecule has 2 amide bonds.